The van der Waals surface area contributed by atoms with Gasteiger partial charge in [-0.25, -0.2) is 4.98 Å². The quantitative estimate of drug-likeness (QED) is 0.233. The third kappa shape index (κ3) is 8.61. The number of ether oxygens (including phenoxy) is 2. The van der Waals surface area contributed by atoms with Crippen LogP contribution in [0.15, 0.2) is 41.9 Å². The van der Waals surface area contributed by atoms with Crippen LogP contribution < -0.4 is 15.4 Å². The first-order valence-electron chi connectivity index (χ1n) is 8.84. The monoisotopic (exact) mass is 487 g/mol. The van der Waals surface area contributed by atoms with Crippen molar-refractivity contribution in [2.75, 3.05) is 33.9 Å². The minimum Gasteiger partial charge on any atom is -0.491 e. The number of aromatic nitrogens is 2. The molecule has 0 fully saturated rings. The van der Waals surface area contributed by atoms with E-state index < -0.39 is 0 Å². The first-order chi connectivity index (χ1) is 12.7. The molecule has 27 heavy (non-hydrogen) atoms. The number of hydrogen-bond acceptors (Lipinski definition) is 4. The first kappa shape index (κ1) is 23.2. The normalized spacial score (nSPS) is 11.0. The zero-order valence-corrected chi connectivity index (χ0v) is 18.6. The van der Waals surface area contributed by atoms with E-state index in [1.54, 1.807) is 20.4 Å². The van der Waals surface area contributed by atoms with Crippen molar-refractivity contribution in [3.8, 4) is 5.75 Å². The zero-order valence-electron chi connectivity index (χ0n) is 16.3. The van der Waals surface area contributed by atoms with Crippen LogP contribution in [-0.4, -0.2) is 49.4 Å². The maximum atomic E-state index is 5.83. The summed E-state index contributed by atoms with van der Waals surface area (Å²) < 4.78 is 12.9. The first-order valence-corrected chi connectivity index (χ1v) is 8.84. The van der Waals surface area contributed by atoms with Gasteiger partial charge < -0.3 is 24.7 Å². The number of guanidine groups is 1. The average Bonchev–Trinajstić information content (AvgIpc) is 3.16. The number of methoxy groups -OCH3 is 1. The number of benzene rings is 1. The standard InChI is InChI=1S/C19H29N5O2.HI/c1-16-5-6-17(18(13-16)26-12-11-25-3)14-23-19(20-2)22-7-4-9-24-10-8-21-15-24;/h5-6,8,10,13,15H,4,7,9,11-12,14H2,1-3H3,(H2,20,22,23);1H. The van der Waals surface area contributed by atoms with E-state index in [0.717, 1.165) is 36.8 Å². The van der Waals surface area contributed by atoms with Crippen molar-refractivity contribution < 1.29 is 9.47 Å². The summed E-state index contributed by atoms with van der Waals surface area (Å²) in [7, 11) is 3.45. The maximum absolute atomic E-state index is 5.83. The summed E-state index contributed by atoms with van der Waals surface area (Å²) in [5.41, 5.74) is 2.26. The number of nitrogens with one attached hydrogen (secondary N) is 2. The summed E-state index contributed by atoms with van der Waals surface area (Å²) in [6.45, 7) is 5.57. The molecule has 0 atom stereocenters. The Hall–Kier alpha value is -1.81. The van der Waals surface area contributed by atoms with E-state index in [1.807, 2.05) is 18.6 Å². The van der Waals surface area contributed by atoms with Crippen molar-refractivity contribution in [2.45, 2.75) is 26.4 Å². The summed E-state index contributed by atoms with van der Waals surface area (Å²) in [6.07, 6.45) is 6.58. The van der Waals surface area contributed by atoms with E-state index >= 15 is 0 Å². The molecule has 2 N–H and O–H groups in total. The molecule has 0 spiro atoms. The van der Waals surface area contributed by atoms with Gasteiger partial charge in [0.05, 0.1) is 12.9 Å². The second-order valence-electron chi connectivity index (χ2n) is 5.96. The van der Waals surface area contributed by atoms with Crippen molar-refractivity contribution in [1.29, 1.82) is 0 Å². The Balaban J connectivity index is 0.00000364. The molecule has 7 nitrogen and oxygen atoms in total. The second kappa shape index (κ2) is 13.4. The van der Waals surface area contributed by atoms with Gasteiger partial charge in [-0.1, -0.05) is 12.1 Å². The molecule has 0 saturated carbocycles. The van der Waals surface area contributed by atoms with Gasteiger partial charge in [0.1, 0.15) is 12.4 Å². The molecule has 0 aliphatic carbocycles. The predicted molar refractivity (Wildman–Crippen MR) is 119 cm³/mol. The van der Waals surface area contributed by atoms with E-state index in [0.29, 0.717) is 19.8 Å². The lowest BCUT2D eigenvalue weighted by Crippen LogP contribution is -2.37. The Labute approximate surface area is 178 Å². The number of hydrogen-bond donors (Lipinski definition) is 2. The molecular weight excluding hydrogens is 457 g/mol. The highest BCUT2D eigenvalue weighted by molar-refractivity contribution is 14.0. The molecule has 0 radical (unpaired) electrons. The molecule has 1 heterocycles. The van der Waals surface area contributed by atoms with Crippen molar-refractivity contribution in [2.24, 2.45) is 4.99 Å². The van der Waals surface area contributed by atoms with Gasteiger partial charge in [0, 0.05) is 51.7 Å². The van der Waals surface area contributed by atoms with Gasteiger partial charge in [-0.05, 0) is 25.0 Å². The van der Waals surface area contributed by atoms with Gasteiger partial charge in [0.2, 0.25) is 0 Å². The Morgan fingerprint density at radius 3 is 2.81 bits per heavy atom. The van der Waals surface area contributed by atoms with Gasteiger partial charge >= 0.3 is 0 Å². The van der Waals surface area contributed by atoms with Gasteiger partial charge in [-0.2, -0.15) is 0 Å². The molecule has 0 bridgehead atoms. The number of halogens is 1. The highest BCUT2D eigenvalue weighted by atomic mass is 127. The minimum absolute atomic E-state index is 0. The van der Waals surface area contributed by atoms with Gasteiger partial charge in [0.25, 0.3) is 0 Å². The molecule has 0 amide bonds. The topological polar surface area (TPSA) is 72.7 Å². The Bertz CT molecular complexity index is 677. The molecule has 150 valence electrons. The smallest absolute Gasteiger partial charge is 0.191 e. The second-order valence-corrected chi connectivity index (χ2v) is 5.96. The van der Waals surface area contributed by atoms with E-state index in [-0.39, 0.29) is 24.0 Å². The summed E-state index contributed by atoms with van der Waals surface area (Å²) in [6, 6.07) is 6.21. The molecule has 1 aromatic heterocycles. The molecule has 2 rings (SSSR count). The summed E-state index contributed by atoms with van der Waals surface area (Å²) in [5, 5.41) is 6.67. The van der Waals surface area contributed by atoms with E-state index in [1.165, 1.54) is 5.56 Å². The van der Waals surface area contributed by atoms with Gasteiger partial charge in [-0.15, -0.1) is 24.0 Å². The van der Waals surface area contributed by atoms with Crippen LogP contribution in [0, 0.1) is 6.92 Å². The van der Waals surface area contributed by atoms with E-state index in [9.17, 15) is 0 Å². The SMILES string of the molecule is CN=C(NCCCn1ccnc1)NCc1ccc(C)cc1OCCOC.I. The molecule has 0 saturated heterocycles. The van der Waals surface area contributed by atoms with Gasteiger partial charge in [0.15, 0.2) is 5.96 Å². The lowest BCUT2D eigenvalue weighted by atomic mass is 10.1. The predicted octanol–water partition coefficient (Wildman–Crippen LogP) is 2.59. The molecule has 2 aromatic rings. The Morgan fingerprint density at radius 1 is 1.26 bits per heavy atom. The number of aliphatic imine (C=N–C) groups is 1. The van der Waals surface area contributed by atoms with Crippen LogP contribution in [0.5, 0.6) is 5.75 Å². The van der Waals surface area contributed by atoms with Gasteiger partial charge in [-0.3, -0.25) is 4.99 Å². The number of nitrogens with zero attached hydrogens (tertiary/aromatic N) is 3. The van der Waals surface area contributed by atoms with Crippen molar-refractivity contribution in [3.63, 3.8) is 0 Å². The lowest BCUT2D eigenvalue weighted by molar-refractivity contribution is 0.145. The van der Waals surface area contributed by atoms with Crippen LogP contribution in [0.4, 0.5) is 0 Å². The van der Waals surface area contributed by atoms with Crippen LogP contribution in [0.25, 0.3) is 0 Å². The summed E-state index contributed by atoms with van der Waals surface area (Å²) in [4.78, 5) is 8.32. The van der Waals surface area contributed by atoms with Crippen molar-refractivity contribution >= 4 is 29.9 Å². The fraction of sp³-hybridized carbons (Fsp3) is 0.474. The molecule has 0 aliphatic heterocycles. The minimum atomic E-state index is 0. The van der Waals surface area contributed by atoms with Crippen molar-refractivity contribution in [3.05, 3.63) is 48.0 Å². The van der Waals surface area contributed by atoms with Crippen LogP contribution in [-0.2, 0) is 17.8 Å². The molecule has 0 aliphatic rings. The Morgan fingerprint density at radius 2 is 2.11 bits per heavy atom. The summed E-state index contributed by atoms with van der Waals surface area (Å²) in [5.74, 6) is 1.66. The third-order valence-electron chi connectivity index (χ3n) is 3.88. The van der Waals surface area contributed by atoms with Crippen LogP contribution in [0.3, 0.4) is 0 Å². The fourth-order valence-electron chi connectivity index (χ4n) is 2.46. The third-order valence-corrected chi connectivity index (χ3v) is 3.88. The van der Waals surface area contributed by atoms with Crippen LogP contribution in [0.2, 0.25) is 0 Å². The number of imidazole rings is 1. The maximum Gasteiger partial charge on any atom is 0.191 e. The zero-order chi connectivity index (χ0) is 18.6. The van der Waals surface area contributed by atoms with E-state index in [4.69, 9.17) is 9.47 Å². The van der Waals surface area contributed by atoms with E-state index in [2.05, 4.69) is 44.2 Å². The number of aryl methyl sites for hydroxylation is 2. The molecule has 1 aromatic carbocycles. The van der Waals surface area contributed by atoms with Crippen molar-refractivity contribution in [1.82, 2.24) is 20.2 Å². The molecular formula is C19H30IN5O2. The fourth-order valence-corrected chi connectivity index (χ4v) is 2.46. The average molecular weight is 487 g/mol. The highest BCUT2D eigenvalue weighted by Gasteiger charge is 2.06. The highest BCUT2D eigenvalue weighted by Crippen LogP contribution is 2.20. The van der Waals surface area contributed by atoms with Crippen LogP contribution in [0.1, 0.15) is 17.5 Å². The number of rotatable bonds is 10. The lowest BCUT2D eigenvalue weighted by Gasteiger charge is -2.15. The Kier molecular flexibility index (Phi) is 11.5. The molecule has 0 unspecified atom stereocenters. The summed E-state index contributed by atoms with van der Waals surface area (Å²) >= 11 is 0. The van der Waals surface area contributed by atoms with Crippen LogP contribution >= 0.6 is 24.0 Å². The largest absolute Gasteiger partial charge is 0.491 e. The molecule has 8 heteroatoms.